The van der Waals surface area contributed by atoms with E-state index >= 15 is 0 Å². The monoisotopic (exact) mass is 425 g/mol. The van der Waals surface area contributed by atoms with Crippen LogP contribution in [0.25, 0.3) is 0 Å². The van der Waals surface area contributed by atoms with E-state index in [1.165, 1.54) is 6.21 Å². The van der Waals surface area contributed by atoms with Crippen LogP contribution in [0.15, 0.2) is 56.4 Å². The van der Waals surface area contributed by atoms with E-state index in [1.54, 1.807) is 12.1 Å². The summed E-state index contributed by atoms with van der Waals surface area (Å²) in [5.41, 5.74) is 1.34. The fraction of sp³-hybridized carbons (Fsp3) is 0.125. The number of carboxylic acids is 1. The van der Waals surface area contributed by atoms with Gasteiger partial charge in [0.15, 0.2) is 6.04 Å². The second-order valence-corrected chi connectivity index (χ2v) is 6.42. The lowest BCUT2D eigenvalue weighted by Crippen LogP contribution is -2.20. The van der Waals surface area contributed by atoms with E-state index in [0.717, 1.165) is 10.0 Å². The van der Waals surface area contributed by atoms with Gasteiger partial charge in [-0.1, -0.05) is 46.3 Å². The van der Waals surface area contributed by atoms with Gasteiger partial charge in [-0.2, -0.15) is 0 Å². The molecule has 114 valence electrons. The Morgan fingerprint density at radius 2 is 1.91 bits per heavy atom. The van der Waals surface area contributed by atoms with Crippen molar-refractivity contribution in [3.8, 4) is 5.75 Å². The summed E-state index contributed by atoms with van der Waals surface area (Å²) in [7, 11) is 0. The van der Waals surface area contributed by atoms with Crippen LogP contribution in [0.4, 0.5) is 0 Å². The minimum absolute atomic E-state index is 0.0239. The molecule has 0 saturated heterocycles. The van der Waals surface area contributed by atoms with E-state index in [2.05, 4.69) is 36.9 Å². The number of carbonyl (C=O) groups is 1. The Kier molecular flexibility index (Phi) is 5.74. The average molecular weight is 427 g/mol. The number of aromatic hydroxyl groups is 1. The van der Waals surface area contributed by atoms with Crippen LogP contribution >= 0.6 is 31.9 Å². The molecule has 0 saturated carbocycles. The highest BCUT2D eigenvalue weighted by Gasteiger charge is 2.16. The third kappa shape index (κ3) is 4.42. The minimum atomic E-state index is -1.01. The first-order valence-electron chi connectivity index (χ1n) is 6.45. The van der Waals surface area contributed by atoms with Gasteiger partial charge in [0.2, 0.25) is 0 Å². The maximum absolute atomic E-state index is 11.3. The fourth-order valence-electron chi connectivity index (χ4n) is 1.90. The smallest absolute Gasteiger partial charge is 0.328 e. The molecule has 0 aliphatic carbocycles. The van der Waals surface area contributed by atoms with Crippen LogP contribution < -0.4 is 0 Å². The lowest BCUT2D eigenvalue weighted by atomic mass is 10.1. The molecule has 22 heavy (non-hydrogen) atoms. The molecule has 2 aromatic carbocycles. The van der Waals surface area contributed by atoms with Gasteiger partial charge in [-0.25, -0.2) is 4.79 Å². The molecule has 2 rings (SSSR count). The normalized spacial score (nSPS) is 12.5. The Morgan fingerprint density at radius 1 is 1.23 bits per heavy atom. The predicted octanol–water partition coefficient (Wildman–Crippen LogP) is 4.03. The fourth-order valence-corrected chi connectivity index (χ4v) is 3.15. The highest BCUT2D eigenvalue weighted by molar-refractivity contribution is 9.11. The van der Waals surface area contributed by atoms with Crippen molar-refractivity contribution >= 4 is 44.0 Å². The number of halogens is 2. The van der Waals surface area contributed by atoms with E-state index in [9.17, 15) is 15.0 Å². The van der Waals surface area contributed by atoms with Gasteiger partial charge in [-0.05, 0) is 33.6 Å². The molecule has 0 amide bonds. The SMILES string of the molecule is O=C(O)C(Cc1ccccc1)N=Cc1cc(Br)cc(Br)c1O. The van der Waals surface area contributed by atoms with Crippen LogP contribution in [-0.4, -0.2) is 28.4 Å². The summed E-state index contributed by atoms with van der Waals surface area (Å²) in [6.45, 7) is 0. The van der Waals surface area contributed by atoms with Crippen molar-refractivity contribution in [2.45, 2.75) is 12.5 Å². The first kappa shape index (κ1) is 16.7. The number of aliphatic carboxylic acids is 1. The molecule has 0 radical (unpaired) electrons. The third-order valence-electron chi connectivity index (χ3n) is 3.01. The quantitative estimate of drug-likeness (QED) is 0.709. The molecule has 6 heteroatoms. The highest BCUT2D eigenvalue weighted by atomic mass is 79.9. The van der Waals surface area contributed by atoms with Crippen LogP contribution in [0.1, 0.15) is 11.1 Å². The van der Waals surface area contributed by atoms with E-state index in [1.807, 2.05) is 30.3 Å². The van der Waals surface area contributed by atoms with Gasteiger partial charge in [0.1, 0.15) is 5.75 Å². The zero-order valence-electron chi connectivity index (χ0n) is 11.4. The van der Waals surface area contributed by atoms with Gasteiger partial charge in [-0.3, -0.25) is 4.99 Å². The molecule has 0 aliphatic heterocycles. The summed E-state index contributed by atoms with van der Waals surface area (Å²) in [6, 6.07) is 11.8. The van der Waals surface area contributed by atoms with Crippen molar-refractivity contribution in [3.05, 3.63) is 62.5 Å². The topological polar surface area (TPSA) is 69.9 Å². The Morgan fingerprint density at radius 3 is 2.55 bits per heavy atom. The van der Waals surface area contributed by atoms with Crippen LogP contribution in [-0.2, 0) is 11.2 Å². The molecule has 0 heterocycles. The summed E-state index contributed by atoms with van der Waals surface area (Å²) in [5.74, 6) is -0.982. The number of hydrogen-bond acceptors (Lipinski definition) is 3. The molecule has 1 atom stereocenters. The van der Waals surface area contributed by atoms with Gasteiger partial charge in [0, 0.05) is 22.7 Å². The molecule has 2 aromatic rings. The number of benzene rings is 2. The van der Waals surface area contributed by atoms with E-state index < -0.39 is 12.0 Å². The van der Waals surface area contributed by atoms with Gasteiger partial charge in [0.05, 0.1) is 4.47 Å². The molecule has 0 aliphatic rings. The zero-order valence-corrected chi connectivity index (χ0v) is 14.6. The van der Waals surface area contributed by atoms with Crippen LogP contribution in [0.3, 0.4) is 0 Å². The number of rotatable bonds is 5. The molecule has 0 fully saturated rings. The van der Waals surface area contributed by atoms with Crippen LogP contribution in [0.5, 0.6) is 5.75 Å². The summed E-state index contributed by atoms with van der Waals surface area (Å²) >= 11 is 6.55. The van der Waals surface area contributed by atoms with E-state index in [4.69, 9.17) is 0 Å². The standard InChI is InChI=1S/C16H13Br2NO3/c17-12-7-11(15(20)13(18)8-12)9-19-14(16(21)22)6-10-4-2-1-3-5-10/h1-5,7-9,14,20H,6H2,(H,21,22). The van der Waals surface area contributed by atoms with Crippen molar-refractivity contribution in [3.63, 3.8) is 0 Å². The molecule has 0 spiro atoms. The lowest BCUT2D eigenvalue weighted by molar-refractivity contribution is -0.138. The van der Waals surface area contributed by atoms with Gasteiger partial charge in [-0.15, -0.1) is 0 Å². The second-order valence-electron chi connectivity index (χ2n) is 4.65. The molecule has 0 bridgehead atoms. The Hall–Kier alpha value is -1.66. The molecule has 4 nitrogen and oxygen atoms in total. The van der Waals surface area contributed by atoms with E-state index in [0.29, 0.717) is 16.5 Å². The number of phenolic OH excluding ortho intramolecular Hbond substituents is 1. The van der Waals surface area contributed by atoms with Gasteiger partial charge >= 0.3 is 5.97 Å². The number of phenols is 1. The Labute approximate surface area is 144 Å². The summed E-state index contributed by atoms with van der Waals surface area (Å²) in [4.78, 5) is 15.5. The number of nitrogens with zero attached hydrogens (tertiary/aromatic N) is 1. The Balaban J connectivity index is 2.23. The molecule has 1 unspecified atom stereocenters. The third-order valence-corrected chi connectivity index (χ3v) is 4.07. The van der Waals surface area contributed by atoms with Gasteiger partial charge < -0.3 is 10.2 Å². The average Bonchev–Trinajstić information content (AvgIpc) is 2.48. The predicted molar refractivity (Wildman–Crippen MR) is 92.7 cm³/mol. The highest BCUT2D eigenvalue weighted by Crippen LogP contribution is 2.30. The zero-order chi connectivity index (χ0) is 16.1. The lowest BCUT2D eigenvalue weighted by Gasteiger charge is -2.08. The number of hydrogen-bond donors (Lipinski definition) is 2. The van der Waals surface area contributed by atoms with Crippen molar-refractivity contribution in [1.82, 2.24) is 0 Å². The largest absolute Gasteiger partial charge is 0.506 e. The Bertz CT molecular complexity index is 702. The van der Waals surface area contributed by atoms with Crippen molar-refractivity contribution < 1.29 is 15.0 Å². The van der Waals surface area contributed by atoms with Crippen molar-refractivity contribution in [2.75, 3.05) is 0 Å². The van der Waals surface area contributed by atoms with Gasteiger partial charge in [0.25, 0.3) is 0 Å². The first-order valence-corrected chi connectivity index (χ1v) is 8.04. The molecular formula is C16H13Br2NO3. The van der Waals surface area contributed by atoms with Crippen molar-refractivity contribution in [2.24, 2.45) is 4.99 Å². The first-order chi connectivity index (χ1) is 10.5. The maximum atomic E-state index is 11.3. The summed E-state index contributed by atoms with van der Waals surface area (Å²) < 4.78 is 1.27. The maximum Gasteiger partial charge on any atom is 0.328 e. The minimum Gasteiger partial charge on any atom is -0.506 e. The number of carboxylic acid groups (broad SMARTS) is 1. The van der Waals surface area contributed by atoms with E-state index in [-0.39, 0.29) is 5.75 Å². The second kappa shape index (κ2) is 7.56. The van der Waals surface area contributed by atoms with Crippen LogP contribution in [0, 0.1) is 0 Å². The number of aliphatic imine (C=N–C) groups is 1. The summed E-state index contributed by atoms with van der Waals surface area (Å²) in [5, 5.41) is 19.3. The molecule has 0 aromatic heterocycles. The molecular weight excluding hydrogens is 414 g/mol. The van der Waals surface area contributed by atoms with Crippen LogP contribution in [0.2, 0.25) is 0 Å². The van der Waals surface area contributed by atoms with Crippen molar-refractivity contribution in [1.29, 1.82) is 0 Å². The summed E-state index contributed by atoms with van der Waals surface area (Å²) in [6.07, 6.45) is 1.68. The molecule has 2 N–H and O–H groups in total.